The second-order valence-corrected chi connectivity index (χ2v) is 14.8. The van der Waals surface area contributed by atoms with Crippen LogP contribution in [-0.2, 0) is 4.74 Å². The van der Waals surface area contributed by atoms with Crippen molar-refractivity contribution < 1.29 is 19.1 Å². The summed E-state index contributed by atoms with van der Waals surface area (Å²) in [4.78, 5) is 54.9. The molecular weight excluding hydrogens is 610 g/mol. The Morgan fingerprint density at radius 2 is 1.75 bits per heavy atom. The lowest BCUT2D eigenvalue weighted by Crippen LogP contribution is -2.60. The molecule has 7 rings (SSSR count). The van der Waals surface area contributed by atoms with Crippen molar-refractivity contribution in [3.8, 4) is 5.75 Å². The summed E-state index contributed by atoms with van der Waals surface area (Å²) < 4.78 is 13.6. The van der Waals surface area contributed by atoms with E-state index in [2.05, 4.69) is 26.2 Å². The van der Waals surface area contributed by atoms with Gasteiger partial charge < -0.3 is 24.6 Å². The maximum Gasteiger partial charge on any atom is 0.410 e. The molecule has 2 aromatic heterocycles. The number of piperazine rings is 1. The number of rotatable bonds is 5. The normalized spacial score (nSPS) is 20.7. The molecule has 2 saturated heterocycles. The van der Waals surface area contributed by atoms with Crippen LogP contribution in [0.4, 0.5) is 22.1 Å². The number of ether oxygens (including phenoxy) is 2. The highest BCUT2D eigenvalue weighted by atomic mass is 16.6. The van der Waals surface area contributed by atoms with E-state index in [1.807, 2.05) is 37.8 Å². The number of nitrogens with zero attached hydrogens (tertiary/aromatic N) is 6. The van der Waals surface area contributed by atoms with Crippen molar-refractivity contribution in [3.05, 3.63) is 45.9 Å². The number of pyridine rings is 1. The van der Waals surface area contributed by atoms with Gasteiger partial charge in [-0.25, -0.2) is 9.78 Å². The van der Waals surface area contributed by atoms with Crippen LogP contribution >= 0.6 is 0 Å². The number of hydrogen-bond acceptors (Lipinski definition) is 10. The van der Waals surface area contributed by atoms with Gasteiger partial charge in [0, 0.05) is 68.1 Å². The number of aromatic nitrogens is 3. The molecule has 1 aliphatic carbocycles. The van der Waals surface area contributed by atoms with Gasteiger partial charge in [0.25, 0.3) is 5.56 Å². The quantitative estimate of drug-likeness (QED) is 0.355. The number of fused-ring (bicyclic) bond motifs is 4. The van der Waals surface area contributed by atoms with E-state index in [0.717, 1.165) is 93.8 Å². The highest BCUT2D eigenvalue weighted by Crippen LogP contribution is 2.39. The minimum Gasteiger partial charge on any atom is -0.489 e. The third-order valence-corrected chi connectivity index (χ3v) is 10.4. The molecule has 0 spiro atoms. The number of nitrogens with one attached hydrogen (secondary N) is 1. The standard InChI is InChI=1S/C36H47N7O5/c1-22-28-19-37-34(39-32(28)43(26-8-6-7-9-26)33(45)31(22)23(2)44)38-24-10-11-29-30(18-24)47-21-27-20-41(16-17-42(27)29)25-12-14-40(15-13-25)35(46)48-36(3,4)5/h10-11,18-19,25-27H,6-9,12-17,20-21H2,1-5H3,(H,37,38,39)/t27-/m1/s1. The zero-order valence-corrected chi connectivity index (χ0v) is 28.8. The van der Waals surface area contributed by atoms with Gasteiger partial charge in [-0.1, -0.05) is 12.8 Å². The predicted octanol–water partition coefficient (Wildman–Crippen LogP) is 5.44. The molecule has 1 N–H and O–H groups in total. The molecule has 1 aromatic carbocycles. The average Bonchev–Trinajstić information content (AvgIpc) is 3.58. The van der Waals surface area contributed by atoms with Gasteiger partial charge in [0.1, 0.15) is 23.6 Å². The molecule has 1 atom stereocenters. The number of Topliss-reactive ketones (excluding diaryl/α,β-unsaturated/α-hetero) is 1. The number of likely N-dealkylation sites (tertiary alicyclic amines) is 1. The van der Waals surface area contributed by atoms with E-state index >= 15 is 0 Å². The molecule has 12 heteroatoms. The zero-order valence-electron chi connectivity index (χ0n) is 28.8. The number of carbonyl (C=O) groups excluding carboxylic acids is 2. The number of ketones is 1. The predicted molar refractivity (Wildman–Crippen MR) is 185 cm³/mol. The first-order valence-electron chi connectivity index (χ1n) is 17.4. The van der Waals surface area contributed by atoms with E-state index in [0.29, 0.717) is 29.8 Å². The Balaban J connectivity index is 1.04. The molecule has 1 saturated carbocycles. The van der Waals surface area contributed by atoms with Gasteiger partial charge in [0.15, 0.2) is 5.78 Å². The number of carbonyl (C=O) groups is 2. The van der Waals surface area contributed by atoms with E-state index in [1.165, 1.54) is 6.92 Å². The number of aryl methyl sites for hydroxylation is 1. The lowest BCUT2D eigenvalue weighted by atomic mass is 10.00. The molecule has 256 valence electrons. The minimum atomic E-state index is -0.481. The Bertz CT molecular complexity index is 1790. The monoisotopic (exact) mass is 657 g/mol. The van der Waals surface area contributed by atoms with Crippen LogP contribution in [0.2, 0.25) is 0 Å². The molecule has 3 fully saturated rings. The van der Waals surface area contributed by atoms with Crippen molar-refractivity contribution in [2.75, 3.05) is 49.5 Å². The molecule has 1 amide bonds. The van der Waals surface area contributed by atoms with Gasteiger partial charge in [0.2, 0.25) is 5.95 Å². The third-order valence-electron chi connectivity index (χ3n) is 10.4. The van der Waals surface area contributed by atoms with Crippen LogP contribution in [0.5, 0.6) is 5.75 Å². The van der Waals surface area contributed by atoms with E-state index < -0.39 is 5.60 Å². The largest absolute Gasteiger partial charge is 0.489 e. The summed E-state index contributed by atoms with van der Waals surface area (Å²) >= 11 is 0. The summed E-state index contributed by atoms with van der Waals surface area (Å²) in [5.74, 6) is 0.983. The van der Waals surface area contributed by atoms with Crippen molar-refractivity contribution >= 4 is 40.2 Å². The smallest absolute Gasteiger partial charge is 0.410 e. The molecular formula is C36H47N7O5. The fraction of sp³-hybridized carbons (Fsp3) is 0.583. The molecule has 5 heterocycles. The van der Waals surface area contributed by atoms with Gasteiger partial charge in [-0.15, -0.1) is 0 Å². The Morgan fingerprint density at radius 3 is 2.46 bits per heavy atom. The lowest BCUT2D eigenvalue weighted by Gasteiger charge is -2.49. The van der Waals surface area contributed by atoms with Crippen molar-refractivity contribution in [1.82, 2.24) is 24.3 Å². The van der Waals surface area contributed by atoms with Gasteiger partial charge in [0.05, 0.1) is 17.3 Å². The second kappa shape index (κ2) is 12.7. The van der Waals surface area contributed by atoms with E-state index in [1.54, 1.807) is 17.7 Å². The fourth-order valence-electron chi connectivity index (χ4n) is 7.98. The summed E-state index contributed by atoms with van der Waals surface area (Å²) in [6.45, 7) is 13.8. The Kier molecular flexibility index (Phi) is 8.55. The maximum absolute atomic E-state index is 13.6. The van der Waals surface area contributed by atoms with Crippen molar-refractivity contribution in [1.29, 1.82) is 0 Å². The highest BCUT2D eigenvalue weighted by molar-refractivity contribution is 5.99. The maximum atomic E-state index is 13.6. The van der Waals surface area contributed by atoms with Crippen molar-refractivity contribution in [2.45, 2.75) is 96.9 Å². The highest BCUT2D eigenvalue weighted by Gasteiger charge is 2.37. The van der Waals surface area contributed by atoms with Crippen molar-refractivity contribution in [2.24, 2.45) is 0 Å². The van der Waals surface area contributed by atoms with Gasteiger partial charge in [-0.2, -0.15) is 4.98 Å². The van der Waals surface area contributed by atoms with Crippen LogP contribution in [-0.4, -0.2) is 93.2 Å². The molecule has 0 bridgehead atoms. The number of amides is 1. The topological polar surface area (TPSA) is 122 Å². The van der Waals surface area contributed by atoms with Crippen LogP contribution in [0.25, 0.3) is 11.0 Å². The number of piperidine rings is 1. The number of anilines is 3. The van der Waals surface area contributed by atoms with Crippen molar-refractivity contribution in [3.63, 3.8) is 0 Å². The van der Waals surface area contributed by atoms with Crippen LogP contribution in [0.3, 0.4) is 0 Å². The minimum absolute atomic E-state index is 0.0250. The molecule has 12 nitrogen and oxygen atoms in total. The van der Waals surface area contributed by atoms with Crippen LogP contribution < -0.4 is 20.5 Å². The first-order chi connectivity index (χ1) is 23.0. The van der Waals surface area contributed by atoms with Crippen LogP contribution in [0.1, 0.15) is 88.2 Å². The Morgan fingerprint density at radius 1 is 1.00 bits per heavy atom. The molecule has 4 aliphatic rings. The second-order valence-electron chi connectivity index (χ2n) is 14.8. The number of benzene rings is 1. The van der Waals surface area contributed by atoms with Gasteiger partial charge >= 0.3 is 6.09 Å². The number of hydrogen-bond donors (Lipinski definition) is 1. The SMILES string of the molecule is CC(=O)c1c(C)c2cnc(Nc3ccc4c(c3)OC[C@H]3CN(C5CCN(C(=O)OC(C)(C)C)CC5)CCN43)nc2n(C2CCCC2)c1=O. The molecule has 48 heavy (non-hydrogen) atoms. The first-order valence-corrected chi connectivity index (χ1v) is 17.4. The average molecular weight is 658 g/mol. The summed E-state index contributed by atoms with van der Waals surface area (Å²) in [5.41, 5.74) is 2.57. The lowest BCUT2D eigenvalue weighted by molar-refractivity contribution is 0.0123. The zero-order chi connectivity index (χ0) is 33.7. The van der Waals surface area contributed by atoms with Crippen LogP contribution in [0, 0.1) is 6.92 Å². The summed E-state index contributed by atoms with van der Waals surface area (Å²) in [6.07, 6.45) is 7.30. The van der Waals surface area contributed by atoms with E-state index in [9.17, 15) is 14.4 Å². The summed E-state index contributed by atoms with van der Waals surface area (Å²) in [7, 11) is 0. The fourth-order valence-corrected chi connectivity index (χ4v) is 7.98. The first kappa shape index (κ1) is 32.4. The molecule has 0 radical (unpaired) electrons. The Labute approximate surface area is 281 Å². The molecule has 0 unspecified atom stereocenters. The third kappa shape index (κ3) is 6.22. The summed E-state index contributed by atoms with van der Waals surface area (Å²) in [6, 6.07) is 6.84. The van der Waals surface area contributed by atoms with E-state index in [-0.39, 0.29) is 35.1 Å². The van der Waals surface area contributed by atoms with Gasteiger partial charge in [-0.3, -0.25) is 19.1 Å². The summed E-state index contributed by atoms with van der Waals surface area (Å²) in [5, 5.41) is 4.06. The van der Waals surface area contributed by atoms with Crippen LogP contribution in [0.15, 0.2) is 29.2 Å². The van der Waals surface area contributed by atoms with Gasteiger partial charge in [-0.05, 0) is 78.0 Å². The van der Waals surface area contributed by atoms with E-state index in [4.69, 9.17) is 14.5 Å². The molecule has 3 aliphatic heterocycles. The molecule has 3 aromatic rings. The Hall–Kier alpha value is -4.19.